The van der Waals surface area contributed by atoms with Crippen LogP contribution in [0.25, 0.3) is 0 Å². The first kappa shape index (κ1) is 7.87. The van der Waals surface area contributed by atoms with Crippen molar-refractivity contribution in [1.82, 2.24) is 0 Å². The van der Waals surface area contributed by atoms with Gasteiger partial charge >= 0.3 is 6.61 Å². The zero-order chi connectivity index (χ0) is 7.28. The molecule has 0 aromatic carbocycles. The van der Waals surface area contributed by atoms with Crippen LogP contribution in [-0.4, -0.2) is 12.8 Å². The molecule has 0 atom stereocenters. The van der Waals surface area contributed by atoms with Crippen molar-refractivity contribution in [2.75, 3.05) is 0 Å². The van der Waals surface area contributed by atoms with E-state index in [4.69, 9.17) is 11.1 Å². The lowest BCUT2D eigenvalue weighted by Crippen LogP contribution is -2.01. The lowest BCUT2D eigenvalue weighted by atomic mass is 10.6. The second-order valence-electron chi connectivity index (χ2n) is 1.09. The van der Waals surface area contributed by atoms with Crippen molar-refractivity contribution in [3.05, 3.63) is 12.0 Å². The van der Waals surface area contributed by atoms with Gasteiger partial charge in [0.2, 0.25) is 0 Å². The van der Waals surface area contributed by atoms with Gasteiger partial charge < -0.3 is 15.9 Å². The van der Waals surface area contributed by atoms with Crippen LogP contribution in [0.2, 0.25) is 0 Å². The second-order valence-corrected chi connectivity index (χ2v) is 1.09. The molecular weight excluding hydrogens is 130 g/mol. The van der Waals surface area contributed by atoms with Crippen LogP contribution in [0, 0.1) is 5.41 Å². The Balaban J connectivity index is 3.71. The molecule has 0 amide bonds. The van der Waals surface area contributed by atoms with E-state index >= 15 is 0 Å². The van der Waals surface area contributed by atoms with E-state index in [2.05, 4.69) is 4.74 Å². The van der Waals surface area contributed by atoms with E-state index in [1.807, 2.05) is 0 Å². The van der Waals surface area contributed by atoms with Crippen LogP contribution in [0.15, 0.2) is 12.0 Å². The van der Waals surface area contributed by atoms with Crippen molar-refractivity contribution >= 4 is 6.21 Å². The van der Waals surface area contributed by atoms with E-state index in [0.717, 1.165) is 6.20 Å². The third kappa shape index (κ3) is 3.45. The Bertz CT molecular complexity index is 124. The Morgan fingerprint density at radius 1 is 1.67 bits per heavy atom. The maximum atomic E-state index is 11.2. The average molecular weight is 136 g/mol. The average Bonchev–Trinajstić information content (AvgIpc) is 1.82. The molecule has 0 spiro atoms. The smallest absolute Gasteiger partial charge is 0.387 e. The number of allylic oxidation sites excluding steroid dienone is 1. The number of rotatable bonds is 3. The molecule has 3 nitrogen and oxygen atoms in total. The second kappa shape index (κ2) is 3.82. The summed E-state index contributed by atoms with van der Waals surface area (Å²) in [6.45, 7) is -2.92. The summed E-state index contributed by atoms with van der Waals surface area (Å²) in [7, 11) is 0. The van der Waals surface area contributed by atoms with E-state index in [-0.39, 0.29) is 5.76 Å². The molecule has 3 N–H and O–H groups in total. The number of hydrogen-bond acceptors (Lipinski definition) is 3. The highest BCUT2D eigenvalue weighted by Crippen LogP contribution is 2.00. The normalized spacial score (nSPS) is 11.7. The van der Waals surface area contributed by atoms with Gasteiger partial charge in [0, 0.05) is 6.20 Å². The molecule has 52 valence electrons. The van der Waals surface area contributed by atoms with Gasteiger partial charge in [-0.2, -0.15) is 8.78 Å². The van der Waals surface area contributed by atoms with Crippen molar-refractivity contribution < 1.29 is 13.5 Å². The van der Waals surface area contributed by atoms with Crippen molar-refractivity contribution in [3.63, 3.8) is 0 Å². The molecule has 0 aromatic heterocycles. The lowest BCUT2D eigenvalue weighted by Gasteiger charge is -2.00. The van der Waals surface area contributed by atoms with Gasteiger partial charge in [0.05, 0.1) is 6.21 Å². The first-order valence-corrected chi connectivity index (χ1v) is 2.08. The molecule has 0 aliphatic carbocycles. The lowest BCUT2D eigenvalue weighted by molar-refractivity contribution is -0.0894. The highest BCUT2D eigenvalue weighted by molar-refractivity contribution is 5.72. The standard InChI is InChI=1S/C4H6F2N2O/c5-4(6)9-3(1-7)2-8/h1-2,4,7H,8H2/b3-2+,7-1?. The zero-order valence-corrected chi connectivity index (χ0v) is 4.47. The summed E-state index contributed by atoms with van der Waals surface area (Å²) in [4.78, 5) is 0. The minimum Gasteiger partial charge on any atom is -0.432 e. The Hall–Kier alpha value is -1.13. The van der Waals surface area contributed by atoms with Crippen molar-refractivity contribution in [2.24, 2.45) is 5.73 Å². The van der Waals surface area contributed by atoms with E-state index in [0.29, 0.717) is 6.21 Å². The summed E-state index contributed by atoms with van der Waals surface area (Å²) >= 11 is 0. The summed E-state index contributed by atoms with van der Waals surface area (Å²) in [6, 6.07) is 0. The number of halogens is 2. The topological polar surface area (TPSA) is 59.1 Å². The number of nitrogens with two attached hydrogens (primary N) is 1. The third-order valence-electron chi connectivity index (χ3n) is 0.532. The molecule has 0 heterocycles. The van der Waals surface area contributed by atoms with E-state index < -0.39 is 6.61 Å². The highest BCUT2D eigenvalue weighted by Gasteiger charge is 2.02. The van der Waals surface area contributed by atoms with Crippen LogP contribution in [0.5, 0.6) is 0 Å². The minimum absolute atomic E-state index is 0.343. The van der Waals surface area contributed by atoms with Crippen molar-refractivity contribution in [3.8, 4) is 0 Å². The van der Waals surface area contributed by atoms with Gasteiger partial charge in [0.15, 0.2) is 5.76 Å². The van der Waals surface area contributed by atoms with E-state index in [1.54, 1.807) is 0 Å². The fourth-order valence-electron chi connectivity index (χ4n) is 0.224. The molecule has 0 saturated heterocycles. The predicted molar refractivity (Wildman–Crippen MR) is 28.1 cm³/mol. The van der Waals surface area contributed by atoms with Gasteiger partial charge in [-0.3, -0.25) is 0 Å². The van der Waals surface area contributed by atoms with Crippen molar-refractivity contribution in [1.29, 1.82) is 5.41 Å². The summed E-state index contributed by atoms with van der Waals surface area (Å²) in [6.07, 6.45) is 1.39. The molecule has 0 fully saturated rings. The quantitative estimate of drug-likeness (QED) is 0.442. The molecule has 0 aromatic rings. The Kier molecular flexibility index (Phi) is 3.34. The van der Waals surface area contributed by atoms with Crippen LogP contribution in [-0.2, 0) is 4.74 Å². The molecule has 0 bridgehead atoms. The van der Waals surface area contributed by atoms with Gasteiger partial charge in [0.25, 0.3) is 0 Å². The molecule has 9 heavy (non-hydrogen) atoms. The maximum Gasteiger partial charge on any atom is 0.387 e. The number of hydrogen-bond donors (Lipinski definition) is 2. The predicted octanol–water partition coefficient (Wildman–Crippen LogP) is 0.675. The van der Waals surface area contributed by atoms with Gasteiger partial charge in [-0.1, -0.05) is 0 Å². The van der Waals surface area contributed by atoms with E-state index in [9.17, 15) is 8.78 Å². The molecule has 0 aliphatic heterocycles. The first-order chi connectivity index (χ1) is 4.20. The summed E-state index contributed by atoms with van der Waals surface area (Å²) < 4.78 is 26.2. The molecule has 5 heteroatoms. The van der Waals surface area contributed by atoms with Crippen LogP contribution < -0.4 is 5.73 Å². The summed E-state index contributed by atoms with van der Waals surface area (Å²) in [5.41, 5.74) is 4.76. The van der Waals surface area contributed by atoms with Crippen LogP contribution in [0.1, 0.15) is 0 Å². The number of nitrogens with one attached hydrogen (secondary N) is 1. The number of alkyl halides is 2. The number of ether oxygens (including phenoxy) is 1. The third-order valence-corrected chi connectivity index (χ3v) is 0.532. The van der Waals surface area contributed by atoms with Gasteiger partial charge in [-0.15, -0.1) is 0 Å². The Morgan fingerprint density at radius 3 is 2.33 bits per heavy atom. The Labute approximate surface area is 50.6 Å². The molecule has 0 unspecified atom stereocenters. The summed E-state index contributed by atoms with van der Waals surface area (Å²) in [5, 5.41) is 6.42. The SMILES string of the molecule is N=C/C(=C\N)OC(F)F. The van der Waals surface area contributed by atoms with Gasteiger partial charge in [-0.05, 0) is 0 Å². The molecular formula is C4H6F2N2O. The fourth-order valence-corrected chi connectivity index (χ4v) is 0.224. The van der Waals surface area contributed by atoms with E-state index in [1.165, 1.54) is 0 Å². The Morgan fingerprint density at radius 2 is 2.22 bits per heavy atom. The monoisotopic (exact) mass is 136 g/mol. The molecule has 0 rings (SSSR count). The zero-order valence-electron chi connectivity index (χ0n) is 4.47. The first-order valence-electron chi connectivity index (χ1n) is 2.08. The summed E-state index contributed by atoms with van der Waals surface area (Å²) in [5.74, 6) is -0.343. The minimum atomic E-state index is -2.92. The highest BCUT2D eigenvalue weighted by atomic mass is 19.3. The fraction of sp³-hybridized carbons (Fsp3) is 0.250. The largest absolute Gasteiger partial charge is 0.432 e. The maximum absolute atomic E-state index is 11.2. The molecule has 0 radical (unpaired) electrons. The molecule has 0 saturated carbocycles. The van der Waals surface area contributed by atoms with Gasteiger partial charge in [0.1, 0.15) is 0 Å². The van der Waals surface area contributed by atoms with Crippen molar-refractivity contribution in [2.45, 2.75) is 6.61 Å². The van der Waals surface area contributed by atoms with Crippen LogP contribution in [0.4, 0.5) is 8.78 Å². The van der Waals surface area contributed by atoms with Crippen LogP contribution >= 0.6 is 0 Å². The van der Waals surface area contributed by atoms with Crippen LogP contribution in [0.3, 0.4) is 0 Å². The van der Waals surface area contributed by atoms with Gasteiger partial charge in [-0.25, -0.2) is 0 Å². The molecule has 0 aliphatic rings.